The minimum Gasteiger partial charge on any atom is -0.465 e. The lowest BCUT2D eigenvalue weighted by molar-refractivity contribution is 0.0393. The van der Waals surface area contributed by atoms with E-state index in [4.69, 9.17) is 10.2 Å². The number of benzene rings is 1. The molecule has 1 aliphatic rings. The van der Waals surface area contributed by atoms with Crippen molar-refractivity contribution in [3.63, 3.8) is 0 Å². The van der Waals surface area contributed by atoms with E-state index in [1.54, 1.807) is 0 Å². The molecule has 0 unspecified atom stereocenters. The number of carbonyl (C=O) groups excluding carboxylic acids is 1. The Bertz CT molecular complexity index is 629. The van der Waals surface area contributed by atoms with E-state index in [9.17, 15) is 18.4 Å². The lowest BCUT2D eigenvalue weighted by Gasteiger charge is -2.40. The summed E-state index contributed by atoms with van der Waals surface area (Å²) in [5.74, 6) is -2.36. The summed E-state index contributed by atoms with van der Waals surface area (Å²) in [5, 5.41) is 18.1. The van der Waals surface area contributed by atoms with Gasteiger partial charge in [-0.05, 0) is 34.5 Å². The van der Waals surface area contributed by atoms with Crippen LogP contribution in [-0.4, -0.2) is 64.3 Å². The molecule has 1 aromatic rings. The van der Waals surface area contributed by atoms with Crippen LogP contribution in [0, 0.1) is 11.6 Å². The number of aliphatic hydroxyl groups is 1. The molecule has 0 aliphatic carbocycles. The number of hydrogen-bond acceptors (Lipinski definition) is 3. The van der Waals surface area contributed by atoms with Gasteiger partial charge in [-0.15, -0.1) is 0 Å². The van der Waals surface area contributed by atoms with Gasteiger partial charge in [-0.1, -0.05) is 0 Å². The Hall–Kier alpha value is -1.74. The van der Waals surface area contributed by atoms with E-state index in [0.717, 1.165) is 17.0 Å². The Morgan fingerprint density at radius 2 is 1.96 bits per heavy atom. The van der Waals surface area contributed by atoms with E-state index in [0.29, 0.717) is 0 Å². The van der Waals surface area contributed by atoms with Crippen molar-refractivity contribution in [3.8, 4) is 0 Å². The van der Waals surface area contributed by atoms with Crippen molar-refractivity contribution in [3.05, 3.63) is 33.8 Å². The number of aliphatic hydroxyl groups excluding tert-OH is 1. The van der Waals surface area contributed by atoms with Gasteiger partial charge in [0, 0.05) is 26.2 Å². The average Bonchev–Trinajstić information content (AvgIpc) is 2.50. The molecule has 0 radical (unpaired) electrons. The second-order valence-electron chi connectivity index (χ2n) is 5.14. The molecule has 126 valence electrons. The lowest BCUT2D eigenvalue weighted by Crippen LogP contribution is -2.56. The first-order valence-electron chi connectivity index (χ1n) is 6.89. The van der Waals surface area contributed by atoms with Crippen molar-refractivity contribution in [1.82, 2.24) is 9.80 Å². The molecule has 2 rings (SSSR count). The fourth-order valence-corrected chi connectivity index (χ4v) is 2.85. The Labute approximate surface area is 139 Å². The van der Waals surface area contributed by atoms with Crippen LogP contribution in [0.1, 0.15) is 16.8 Å². The molecule has 9 heteroatoms. The predicted octanol–water partition coefficient (Wildman–Crippen LogP) is 1.91. The summed E-state index contributed by atoms with van der Waals surface area (Å²) in [5.41, 5.74) is -0.419. The molecule has 0 bridgehead atoms. The number of nitrogens with zero attached hydrogens (tertiary/aromatic N) is 2. The van der Waals surface area contributed by atoms with Crippen LogP contribution in [0.25, 0.3) is 0 Å². The summed E-state index contributed by atoms with van der Waals surface area (Å²) in [7, 11) is 0. The number of piperazine rings is 1. The quantitative estimate of drug-likeness (QED) is 0.769. The molecule has 1 aromatic carbocycles. The summed E-state index contributed by atoms with van der Waals surface area (Å²) in [6.07, 6.45) is -0.975. The molecule has 1 fully saturated rings. The third kappa shape index (κ3) is 3.78. The smallest absolute Gasteiger partial charge is 0.407 e. The van der Waals surface area contributed by atoms with Crippen LogP contribution in [0.3, 0.4) is 0 Å². The molecule has 6 nitrogen and oxygen atoms in total. The first-order valence-corrected chi connectivity index (χ1v) is 7.68. The van der Waals surface area contributed by atoms with Crippen molar-refractivity contribution in [2.45, 2.75) is 12.5 Å². The van der Waals surface area contributed by atoms with Gasteiger partial charge in [0.1, 0.15) is 11.6 Å². The predicted molar refractivity (Wildman–Crippen MR) is 80.2 cm³/mol. The molecule has 2 N–H and O–H groups in total. The number of amides is 2. The van der Waals surface area contributed by atoms with Crippen molar-refractivity contribution in [2.75, 3.05) is 26.2 Å². The van der Waals surface area contributed by atoms with Gasteiger partial charge in [-0.3, -0.25) is 4.79 Å². The van der Waals surface area contributed by atoms with Crippen molar-refractivity contribution in [1.29, 1.82) is 0 Å². The molecule has 1 heterocycles. The van der Waals surface area contributed by atoms with Crippen LogP contribution in [0.4, 0.5) is 13.6 Å². The van der Waals surface area contributed by atoms with Gasteiger partial charge in [0.25, 0.3) is 5.91 Å². The van der Waals surface area contributed by atoms with Crippen LogP contribution in [0.5, 0.6) is 0 Å². The summed E-state index contributed by atoms with van der Waals surface area (Å²) >= 11 is 2.84. The maximum Gasteiger partial charge on any atom is 0.407 e. The minimum absolute atomic E-state index is 0.0161. The zero-order valence-electron chi connectivity index (χ0n) is 12.0. The van der Waals surface area contributed by atoms with Crippen molar-refractivity contribution < 1.29 is 28.6 Å². The third-order valence-corrected chi connectivity index (χ3v) is 4.32. The summed E-state index contributed by atoms with van der Waals surface area (Å²) < 4.78 is 27.5. The molecule has 2 amide bonds. The summed E-state index contributed by atoms with van der Waals surface area (Å²) in [6, 6.07) is 1.08. The van der Waals surface area contributed by atoms with E-state index in [-0.39, 0.29) is 37.1 Å². The molecule has 0 saturated carbocycles. The summed E-state index contributed by atoms with van der Waals surface area (Å²) in [4.78, 5) is 25.9. The molecular formula is C14H15BrF2N2O4. The minimum atomic E-state index is -1.12. The van der Waals surface area contributed by atoms with Crippen LogP contribution < -0.4 is 0 Å². The first-order chi connectivity index (χ1) is 10.8. The molecule has 1 aliphatic heterocycles. The number of hydrogen-bond donors (Lipinski definition) is 2. The molecule has 1 atom stereocenters. The van der Waals surface area contributed by atoms with E-state index in [2.05, 4.69) is 15.9 Å². The fraction of sp³-hybridized carbons (Fsp3) is 0.429. The monoisotopic (exact) mass is 392 g/mol. The second-order valence-corrected chi connectivity index (χ2v) is 5.99. The Kier molecular flexibility index (Phi) is 5.53. The van der Waals surface area contributed by atoms with E-state index in [1.807, 2.05) is 0 Å². The number of carboxylic acid groups (broad SMARTS) is 1. The number of rotatable bonds is 3. The zero-order valence-corrected chi connectivity index (χ0v) is 13.6. The maximum atomic E-state index is 14.0. The average molecular weight is 393 g/mol. The Morgan fingerprint density at radius 3 is 2.57 bits per heavy atom. The van der Waals surface area contributed by atoms with Gasteiger partial charge >= 0.3 is 6.09 Å². The number of halogens is 3. The van der Waals surface area contributed by atoms with Crippen molar-refractivity contribution >= 4 is 27.9 Å². The van der Waals surface area contributed by atoms with Gasteiger partial charge in [0.05, 0.1) is 16.1 Å². The Morgan fingerprint density at radius 1 is 1.26 bits per heavy atom. The largest absolute Gasteiger partial charge is 0.465 e. The third-order valence-electron chi connectivity index (χ3n) is 3.72. The SMILES string of the molecule is O=C(O)N1CCN(C(=O)c2cc(F)c(Br)cc2F)[C@@H](CCO)C1. The van der Waals surface area contributed by atoms with Gasteiger partial charge in [-0.25, -0.2) is 13.6 Å². The summed E-state index contributed by atoms with van der Waals surface area (Å²) in [6.45, 7) is -0.113. The maximum absolute atomic E-state index is 14.0. The van der Waals surface area contributed by atoms with Gasteiger partial charge in [0.2, 0.25) is 0 Å². The van der Waals surface area contributed by atoms with Crippen LogP contribution in [0.15, 0.2) is 16.6 Å². The van der Waals surface area contributed by atoms with Gasteiger partial charge in [-0.2, -0.15) is 0 Å². The van der Waals surface area contributed by atoms with Crippen LogP contribution in [-0.2, 0) is 0 Å². The highest BCUT2D eigenvalue weighted by Gasteiger charge is 2.33. The van der Waals surface area contributed by atoms with E-state index < -0.39 is 35.2 Å². The fourth-order valence-electron chi connectivity index (χ4n) is 2.53. The highest BCUT2D eigenvalue weighted by atomic mass is 79.9. The van der Waals surface area contributed by atoms with E-state index >= 15 is 0 Å². The van der Waals surface area contributed by atoms with E-state index in [1.165, 1.54) is 4.90 Å². The normalized spacial score (nSPS) is 18.2. The van der Waals surface area contributed by atoms with Gasteiger partial charge < -0.3 is 20.0 Å². The van der Waals surface area contributed by atoms with Gasteiger partial charge in [0.15, 0.2) is 0 Å². The zero-order chi connectivity index (χ0) is 17.1. The topological polar surface area (TPSA) is 81.1 Å². The van der Waals surface area contributed by atoms with Crippen LogP contribution >= 0.6 is 15.9 Å². The molecule has 1 saturated heterocycles. The molecule has 23 heavy (non-hydrogen) atoms. The van der Waals surface area contributed by atoms with Crippen LogP contribution in [0.2, 0.25) is 0 Å². The second kappa shape index (κ2) is 7.22. The molecule has 0 aromatic heterocycles. The molecule has 0 spiro atoms. The standard InChI is InChI=1S/C14H15BrF2N2O4/c15-10-6-11(16)9(5-12(10)17)13(21)19-3-2-18(14(22)23)7-8(19)1-4-20/h5-6,8,20H,1-4,7H2,(H,22,23)/t8-/m0/s1. The highest BCUT2D eigenvalue weighted by Crippen LogP contribution is 2.23. The lowest BCUT2D eigenvalue weighted by atomic mass is 10.1. The highest BCUT2D eigenvalue weighted by molar-refractivity contribution is 9.10. The number of carbonyl (C=O) groups is 2. The van der Waals surface area contributed by atoms with Crippen molar-refractivity contribution in [2.24, 2.45) is 0 Å². The Balaban J connectivity index is 2.26. The molecular weight excluding hydrogens is 378 g/mol. The first kappa shape index (κ1) is 17.6.